The summed E-state index contributed by atoms with van der Waals surface area (Å²) >= 11 is 1.80. The molecule has 1 amide bonds. The standard InChI is InChI=1S/C23H23NOS/c1-16-7-13-21(14-8-16)26-15-19-9-11-20(12-10-19)23(25)24-22-6-4-5-17(2)18(22)3/h4-14H,15H2,1-3H3,(H,24,25). The average Bonchev–Trinajstić information content (AvgIpc) is 2.65. The topological polar surface area (TPSA) is 29.1 Å². The molecule has 0 aliphatic rings. The molecule has 3 aromatic rings. The van der Waals surface area contributed by atoms with Crippen LogP contribution in [0, 0.1) is 20.8 Å². The number of benzene rings is 3. The van der Waals surface area contributed by atoms with Gasteiger partial charge >= 0.3 is 0 Å². The van der Waals surface area contributed by atoms with Gasteiger partial charge in [-0.2, -0.15) is 0 Å². The van der Waals surface area contributed by atoms with Crippen molar-refractivity contribution in [2.24, 2.45) is 0 Å². The summed E-state index contributed by atoms with van der Waals surface area (Å²) in [5.41, 5.74) is 6.30. The maximum Gasteiger partial charge on any atom is 0.255 e. The van der Waals surface area contributed by atoms with Gasteiger partial charge in [0.15, 0.2) is 0 Å². The molecule has 0 heterocycles. The monoisotopic (exact) mass is 361 g/mol. The van der Waals surface area contributed by atoms with Crippen LogP contribution in [0.5, 0.6) is 0 Å². The minimum atomic E-state index is -0.0727. The lowest BCUT2D eigenvalue weighted by atomic mass is 10.1. The average molecular weight is 362 g/mol. The van der Waals surface area contributed by atoms with Crippen LogP contribution in [0.25, 0.3) is 0 Å². The molecular weight excluding hydrogens is 338 g/mol. The highest BCUT2D eigenvalue weighted by molar-refractivity contribution is 7.98. The van der Waals surface area contributed by atoms with Gasteiger partial charge in [-0.1, -0.05) is 42.0 Å². The Morgan fingerprint density at radius 3 is 2.27 bits per heavy atom. The van der Waals surface area contributed by atoms with E-state index in [-0.39, 0.29) is 5.91 Å². The molecule has 3 aromatic carbocycles. The van der Waals surface area contributed by atoms with Crippen LogP contribution in [-0.2, 0) is 5.75 Å². The molecule has 0 unspecified atom stereocenters. The van der Waals surface area contributed by atoms with E-state index in [1.54, 1.807) is 11.8 Å². The maximum atomic E-state index is 12.5. The normalized spacial score (nSPS) is 10.6. The van der Waals surface area contributed by atoms with Crippen LogP contribution < -0.4 is 5.32 Å². The second kappa shape index (κ2) is 8.24. The summed E-state index contributed by atoms with van der Waals surface area (Å²) in [5.74, 6) is 0.818. The Labute approximate surface area is 159 Å². The quantitative estimate of drug-likeness (QED) is 0.552. The number of thioether (sulfide) groups is 1. The molecule has 3 heteroatoms. The van der Waals surface area contributed by atoms with Crippen LogP contribution in [-0.4, -0.2) is 5.91 Å². The van der Waals surface area contributed by atoms with Crippen molar-refractivity contribution in [3.63, 3.8) is 0 Å². The van der Waals surface area contributed by atoms with Crippen LogP contribution in [0.15, 0.2) is 71.6 Å². The highest BCUT2D eigenvalue weighted by Crippen LogP contribution is 2.23. The first-order valence-corrected chi connectivity index (χ1v) is 9.67. The number of nitrogens with one attached hydrogen (secondary N) is 1. The van der Waals surface area contributed by atoms with E-state index in [0.29, 0.717) is 5.56 Å². The predicted octanol–water partition coefficient (Wildman–Crippen LogP) is 6.16. The molecule has 0 radical (unpaired) electrons. The molecule has 0 spiro atoms. The molecule has 0 saturated carbocycles. The number of rotatable bonds is 5. The third kappa shape index (κ3) is 4.55. The molecule has 0 bridgehead atoms. The van der Waals surface area contributed by atoms with Gasteiger partial charge in [-0.15, -0.1) is 11.8 Å². The molecule has 0 aliphatic heterocycles. The van der Waals surface area contributed by atoms with E-state index in [9.17, 15) is 4.79 Å². The maximum absolute atomic E-state index is 12.5. The Balaban J connectivity index is 1.62. The molecule has 132 valence electrons. The third-order valence-electron chi connectivity index (χ3n) is 4.50. The third-order valence-corrected chi connectivity index (χ3v) is 5.58. The Hall–Kier alpha value is -2.52. The van der Waals surface area contributed by atoms with Crippen LogP contribution in [0.2, 0.25) is 0 Å². The molecule has 0 saturated heterocycles. The van der Waals surface area contributed by atoms with Gasteiger partial charge in [0.2, 0.25) is 0 Å². The largest absolute Gasteiger partial charge is 0.322 e. The van der Waals surface area contributed by atoms with Crippen LogP contribution >= 0.6 is 11.8 Å². The molecule has 0 atom stereocenters. The van der Waals surface area contributed by atoms with E-state index in [1.165, 1.54) is 21.6 Å². The van der Waals surface area contributed by atoms with Crippen LogP contribution in [0.3, 0.4) is 0 Å². The van der Waals surface area contributed by atoms with Crippen molar-refractivity contribution in [3.05, 3.63) is 94.5 Å². The summed E-state index contributed by atoms with van der Waals surface area (Å²) in [6.45, 7) is 6.16. The zero-order chi connectivity index (χ0) is 18.5. The molecule has 2 nitrogen and oxygen atoms in total. The molecule has 0 fully saturated rings. The van der Waals surface area contributed by atoms with E-state index in [1.807, 2.05) is 56.3 Å². The summed E-state index contributed by atoms with van der Waals surface area (Å²) in [5, 5.41) is 3.01. The Bertz CT molecular complexity index is 898. The van der Waals surface area contributed by atoms with Crippen molar-refractivity contribution in [1.82, 2.24) is 0 Å². The van der Waals surface area contributed by atoms with Gasteiger partial charge in [-0.3, -0.25) is 4.79 Å². The number of aryl methyl sites for hydroxylation is 2. The van der Waals surface area contributed by atoms with Crippen LogP contribution in [0.1, 0.15) is 32.6 Å². The minimum Gasteiger partial charge on any atom is -0.322 e. The number of hydrogen-bond acceptors (Lipinski definition) is 2. The van der Waals surface area contributed by atoms with E-state index in [0.717, 1.165) is 17.0 Å². The lowest BCUT2D eigenvalue weighted by molar-refractivity contribution is 0.102. The molecular formula is C23H23NOS. The lowest BCUT2D eigenvalue weighted by Crippen LogP contribution is -2.13. The predicted molar refractivity (Wildman–Crippen MR) is 111 cm³/mol. The van der Waals surface area contributed by atoms with Gasteiger partial charge in [-0.05, 0) is 67.8 Å². The molecule has 0 aliphatic carbocycles. The van der Waals surface area contributed by atoms with Crippen molar-refractivity contribution in [2.75, 3.05) is 5.32 Å². The van der Waals surface area contributed by atoms with Crippen LogP contribution in [0.4, 0.5) is 5.69 Å². The fraction of sp³-hybridized carbons (Fsp3) is 0.174. The van der Waals surface area contributed by atoms with Gasteiger partial charge in [0.25, 0.3) is 5.91 Å². The van der Waals surface area contributed by atoms with Crippen molar-refractivity contribution >= 4 is 23.4 Å². The van der Waals surface area contributed by atoms with Crippen molar-refractivity contribution in [3.8, 4) is 0 Å². The fourth-order valence-electron chi connectivity index (χ4n) is 2.63. The number of anilines is 1. The van der Waals surface area contributed by atoms with Gasteiger partial charge < -0.3 is 5.32 Å². The second-order valence-electron chi connectivity index (χ2n) is 6.50. The first kappa shape index (κ1) is 18.3. The second-order valence-corrected chi connectivity index (χ2v) is 7.55. The van der Waals surface area contributed by atoms with Crippen molar-refractivity contribution < 1.29 is 4.79 Å². The molecule has 1 N–H and O–H groups in total. The summed E-state index contributed by atoms with van der Waals surface area (Å²) < 4.78 is 0. The SMILES string of the molecule is Cc1ccc(SCc2ccc(C(=O)Nc3cccc(C)c3C)cc2)cc1. The van der Waals surface area contributed by atoms with Gasteiger partial charge in [-0.25, -0.2) is 0 Å². The van der Waals surface area contributed by atoms with Crippen molar-refractivity contribution in [1.29, 1.82) is 0 Å². The van der Waals surface area contributed by atoms with Gasteiger partial charge in [0, 0.05) is 21.9 Å². The first-order valence-electron chi connectivity index (χ1n) is 8.69. The number of hydrogen-bond donors (Lipinski definition) is 1. The summed E-state index contributed by atoms with van der Waals surface area (Å²) in [7, 11) is 0. The smallest absolute Gasteiger partial charge is 0.255 e. The van der Waals surface area contributed by atoms with E-state index in [4.69, 9.17) is 0 Å². The zero-order valence-electron chi connectivity index (χ0n) is 15.4. The minimum absolute atomic E-state index is 0.0727. The van der Waals surface area contributed by atoms with Gasteiger partial charge in [0.1, 0.15) is 0 Å². The fourth-order valence-corrected chi connectivity index (χ4v) is 3.49. The molecule has 26 heavy (non-hydrogen) atoms. The number of amides is 1. The Kier molecular flexibility index (Phi) is 5.79. The van der Waals surface area contributed by atoms with E-state index < -0.39 is 0 Å². The van der Waals surface area contributed by atoms with E-state index >= 15 is 0 Å². The first-order chi connectivity index (χ1) is 12.5. The number of carbonyl (C=O) groups excluding carboxylic acids is 1. The van der Waals surface area contributed by atoms with E-state index in [2.05, 4.69) is 36.5 Å². The van der Waals surface area contributed by atoms with Crippen molar-refractivity contribution in [2.45, 2.75) is 31.4 Å². The Morgan fingerprint density at radius 2 is 1.58 bits per heavy atom. The highest BCUT2D eigenvalue weighted by Gasteiger charge is 2.08. The highest BCUT2D eigenvalue weighted by atomic mass is 32.2. The summed E-state index contributed by atoms with van der Waals surface area (Å²) in [6, 6.07) is 22.3. The molecule has 3 rings (SSSR count). The Morgan fingerprint density at radius 1 is 0.885 bits per heavy atom. The number of carbonyl (C=O) groups is 1. The zero-order valence-corrected chi connectivity index (χ0v) is 16.2. The summed E-state index contributed by atoms with van der Waals surface area (Å²) in [4.78, 5) is 13.7. The van der Waals surface area contributed by atoms with Gasteiger partial charge in [0.05, 0.1) is 0 Å². The lowest BCUT2D eigenvalue weighted by Gasteiger charge is -2.10. The summed E-state index contributed by atoms with van der Waals surface area (Å²) in [6.07, 6.45) is 0. The molecule has 0 aromatic heterocycles.